The molecule has 0 aliphatic carbocycles. The fourth-order valence-corrected chi connectivity index (χ4v) is 2.50. The van der Waals surface area contributed by atoms with Crippen molar-refractivity contribution in [1.29, 1.82) is 0 Å². The zero-order valence-electron chi connectivity index (χ0n) is 14.3. The Hall–Kier alpha value is -3.68. The van der Waals surface area contributed by atoms with Crippen LogP contribution < -0.4 is 14.8 Å². The Morgan fingerprint density at radius 2 is 1.93 bits per heavy atom. The maximum absolute atomic E-state index is 12.0. The summed E-state index contributed by atoms with van der Waals surface area (Å²) < 4.78 is 16.1. The normalized spacial score (nSPS) is 12.9. The molecule has 4 rings (SSSR count). The van der Waals surface area contributed by atoms with Gasteiger partial charge in [0.05, 0.1) is 6.54 Å². The molecule has 0 radical (unpaired) electrons. The lowest BCUT2D eigenvalue weighted by molar-refractivity contribution is -0.116. The van der Waals surface area contributed by atoms with Gasteiger partial charge in [-0.3, -0.25) is 9.78 Å². The second-order valence-electron chi connectivity index (χ2n) is 5.70. The number of hydrogen-bond acceptors (Lipinski definition) is 7. The van der Waals surface area contributed by atoms with Gasteiger partial charge < -0.3 is 19.3 Å². The summed E-state index contributed by atoms with van der Waals surface area (Å²) in [5.74, 6) is 1.90. The fourth-order valence-electron chi connectivity index (χ4n) is 2.50. The van der Waals surface area contributed by atoms with Crippen molar-refractivity contribution in [3.8, 4) is 22.9 Å². The maximum atomic E-state index is 12.0. The van der Waals surface area contributed by atoms with Crippen molar-refractivity contribution in [2.24, 2.45) is 0 Å². The Morgan fingerprint density at radius 1 is 1.11 bits per heavy atom. The van der Waals surface area contributed by atoms with Crippen LogP contribution in [-0.4, -0.2) is 34.2 Å². The number of aromatic nitrogens is 3. The van der Waals surface area contributed by atoms with E-state index >= 15 is 0 Å². The molecule has 1 aliphatic heterocycles. The highest BCUT2D eigenvalue weighted by atomic mass is 16.6. The predicted octanol–water partition coefficient (Wildman–Crippen LogP) is 2.23. The van der Waals surface area contributed by atoms with E-state index in [9.17, 15) is 4.79 Å². The summed E-state index contributed by atoms with van der Waals surface area (Å²) in [5, 5.41) is 6.60. The van der Waals surface area contributed by atoms with Crippen LogP contribution in [0.25, 0.3) is 17.5 Å². The van der Waals surface area contributed by atoms with E-state index in [-0.39, 0.29) is 12.5 Å². The molecule has 0 fully saturated rings. The number of hydrogen-bond donors (Lipinski definition) is 1. The molecule has 0 saturated carbocycles. The predicted molar refractivity (Wildman–Crippen MR) is 95.8 cm³/mol. The molecule has 1 amide bonds. The molecular weight excluding hydrogens is 348 g/mol. The maximum Gasteiger partial charge on any atom is 0.246 e. The van der Waals surface area contributed by atoms with Gasteiger partial charge in [-0.1, -0.05) is 11.2 Å². The minimum Gasteiger partial charge on any atom is -0.486 e. The van der Waals surface area contributed by atoms with Crippen LogP contribution in [0.4, 0.5) is 0 Å². The number of ether oxygens (including phenoxy) is 2. The third kappa shape index (κ3) is 4.12. The summed E-state index contributed by atoms with van der Waals surface area (Å²) in [7, 11) is 0. The van der Waals surface area contributed by atoms with Crippen molar-refractivity contribution < 1.29 is 18.8 Å². The molecular formula is C19H16N4O4. The van der Waals surface area contributed by atoms with Crippen LogP contribution in [0.2, 0.25) is 0 Å². The summed E-state index contributed by atoms with van der Waals surface area (Å²) in [4.78, 5) is 20.2. The number of amides is 1. The Kier molecular flexibility index (Phi) is 4.78. The Bertz CT molecular complexity index is 969. The largest absolute Gasteiger partial charge is 0.486 e. The smallest absolute Gasteiger partial charge is 0.246 e. The minimum absolute atomic E-state index is 0.141. The van der Waals surface area contributed by atoms with Crippen LogP contribution in [0.15, 0.2) is 53.3 Å². The van der Waals surface area contributed by atoms with Crippen LogP contribution in [0.5, 0.6) is 11.5 Å². The molecule has 0 unspecified atom stereocenters. The zero-order chi connectivity index (χ0) is 18.5. The number of nitrogens with one attached hydrogen (secondary N) is 1. The summed E-state index contributed by atoms with van der Waals surface area (Å²) in [6, 6.07) is 9.07. The first-order valence-corrected chi connectivity index (χ1v) is 8.36. The lowest BCUT2D eigenvalue weighted by atomic mass is 10.2. The molecule has 8 nitrogen and oxygen atoms in total. The van der Waals surface area contributed by atoms with E-state index in [2.05, 4.69) is 20.4 Å². The highest BCUT2D eigenvalue weighted by Gasteiger charge is 2.11. The van der Waals surface area contributed by atoms with E-state index in [0.29, 0.717) is 36.4 Å². The second-order valence-corrected chi connectivity index (χ2v) is 5.70. The summed E-state index contributed by atoms with van der Waals surface area (Å²) >= 11 is 0. The molecule has 0 saturated heterocycles. The molecule has 27 heavy (non-hydrogen) atoms. The second kappa shape index (κ2) is 7.69. The molecule has 136 valence electrons. The zero-order valence-corrected chi connectivity index (χ0v) is 14.3. The van der Waals surface area contributed by atoms with Crippen LogP contribution in [-0.2, 0) is 11.3 Å². The molecule has 0 atom stereocenters. The van der Waals surface area contributed by atoms with Crippen LogP contribution in [0.1, 0.15) is 11.5 Å². The quantitative estimate of drug-likeness (QED) is 0.693. The van der Waals surface area contributed by atoms with E-state index in [1.165, 1.54) is 6.08 Å². The molecule has 1 aliphatic rings. The lowest BCUT2D eigenvalue weighted by Crippen LogP contribution is -2.20. The Balaban J connectivity index is 1.33. The van der Waals surface area contributed by atoms with E-state index < -0.39 is 0 Å². The van der Waals surface area contributed by atoms with Crippen molar-refractivity contribution in [3.63, 3.8) is 0 Å². The van der Waals surface area contributed by atoms with Crippen LogP contribution in [0, 0.1) is 0 Å². The van der Waals surface area contributed by atoms with Gasteiger partial charge in [0.2, 0.25) is 17.6 Å². The molecule has 0 bridgehead atoms. The SMILES string of the molecule is O=C(/C=C/c1ccc2c(c1)OCCO2)NCc1nc(-c2ccncc2)no1. The van der Waals surface area contributed by atoms with Crippen LogP contribution >= 0.6 is 0 Å². The highest BCUT2D eigenvalue weighted by Crippen LogP contribution is 2.31. The van der Waals surface area contributed by atoms with Gasteiger partial charge in [0.25, 0.3) is 0 Å². The van der Waals surface area contributed by atoms with Gasteiger partial charge in [-0.25, -0.2) is 0 Å². The summed E-state index contributed by atoms with van der Waals surface area (Å²) in [6.45, 7) is 1.21. The van der Waals surface area contributed by atoms with Gasteiger partial charge in [0.1, 0.15) is 13.2 Å². The number of nitrogens with zero attached hydrogens (tertiary/aromatic N) is 3. The third-order valence-electron chi connectivity index (χ3n) is 3.81. The monoisotopic (exact) mass is 364 g/mol. The molecule has 0 spiro atoms. The first-order chi connectivity index (χ1) is 13.3. The van der Waals surface area contributed by atoms with E-state index in [4.69, 9.17) is 14.0 Å². The van der Waals surface area contributed by atoms with Gasteiger partial charge in [-0.15, -0.1) is 0 Å². The average molecular weight is 364 g/mol. The first kappa shape index (κ1) is 16.8. The summed E-state index contributed by atoms with van der Waals surface area (Å²) in [6.07, 6.45) is 6.43. The van der Waals surface area contributed by atoms with Crippen molar-refractivity contribution in [1.82, 2.24) is 20.4 Å². The summed E-state index contributed by atoms with van der Waals surface area (Å²) in [5.41, 5.74) is 1.64. The highest BCUT2D eigenvalue weighted by molar-refractivity contribution is 5.91. The van der Waals surface area contributed by atoms with E-state index in [0.717, 1.165) is 11.1 Å². The van der Waals surface area contributed by atoms with Gasteiger partial charge in [-0.05, 0) is 35.9 Å². The number of rotatable bonds is 5. The Morgan fingerprint density at radius 3 is 2.78 bits per heavy atom. The molecule has 1 aromatic carbocycles. The van der Waals surface area contributed by atoms with Gasteiger partial charge in [0.15, 0.2) is 11.5 Å². The molecule has 1 N–H and O–H groups in total. The number of carbonyl (C=O) groups excluding carboxylic acids is 1. The topological polar surface area (TPSA) is 99.4 Å². The van der Waals surface area contributed by atoms with Gasteiger partial charge in [-0.2, -0.15) is 4.98 Å². The molecule has 3 aromatic rings. The number of fused-ring (bicyclic) bond motifs is 1. The minimum atomic E-state index is -0.270. The van der Waals surface area contributed by atoms with Crippen molar-refractivity contribution in [3.05, 3.63) is 60.3 Å². The average Bonchev–Trinajstić information content (AvgIpc) is 3.20. The number of pyridine rings is 1. The number of benzene rings is 1. The standard InChI is InChI=1S/C19H16N4O4/c24-17(4-2-13-1-3-15-16(11-13)26-10-9-25-15)21-12-18-22-19(23-27-18)14-5-7-20-8-6-14/h1-8,11H,9-10,12H2,(H,21,24)/b4-2+. The lowest BCUT2D eigenvalue weighted by Gasteiger charge is -2.18. The fraction of sp³-hybridized carbons (Fsp3) is 0.158. The van der Waals surface area contributed by atoms with Crippen molar-refractivity contribution in [2.45, 2.75) is 6.54 Å². The van der Waals surface area contributed by atoms with Crippen molar-refractivity contribution >= 4 is 12.0 Å². The van der Waals surface area contributed by atoms with Gasteiger partial charge in [0, 0.05) is 24.0 Å². The molecule has 3 heterocycles. The molecule has 8 heteroatoms. The Labute approximate surface area is 154 Å². The van der Waals surface area contributed by atoms with Gasteiger partial charge >= 0.3 is 0 Å². The van der Waals surface area contributed by atoms with E-state index in [1.54, 1.807) is 30.6 Å². The van der Waals surface area contributed by atoms with Crippen LogP contribution in [0.3, 0.4) is 0 Å². The first-order valence-electron chi connectivity index (χ1n) is 8.36. The number of carbonyl (C=O) groups is 1. The van der Waals surface area contributed by atoms with Crippen molar-refractivity contribution in [2.75, 3.05) is 13.2 Å². The van der Waals surface area contributed by atoms with E-state index in [1.807, 2.05) is 18.2 Å². The third-order valence-corrected chi connectivity index (χ3v) is 3.81. The molecule has 2 aromatic heterocycles.